The molecule has 0 spiro atoms. The first kappa shape index (κ1) is 20.0. The first-order valence-electron chi connectivity index (χ1n) is 6.78. The molecule has 0 bridgehead atoms. The van der Waals surface area contributed by atoms with Crippen LogP contribution in [0.15, 0.2) is 36.4 Å². The maximum absolute atomic E-state index is 10.6. The molecule has 0 unspecified atom stereocenters. The molecule has 0 saturated heterocycles. The van der Waals surface area contributed by atoms with Gasteiger partial charge in [0.05, 0.1) is 22.3 Å². The van der Waals surface area contributed by atoms with Crippen LogP contribution in [0.1, 0.15) is 41.4 Å². The van der Waals surface area contributed by atoms with E-state index in [2.05, 4.69) is 0 Å². The second-order valence-electron chi connectivity index (χ2n) is 4.76. The van der Waals surface area contributed by atoms with Crippen LogP contribution in [0.3, 0.4) is 0 Å². The van der Waals surface area contributed by atoms with Crippen LogP contribution in [0.25, 0.3) is 0 Å². The Labute approximate surface area is 145 Å². The van der Waals surface area contributed by atoms with E-state index in [1.165, 1.54) is 36.4 Å². The molecule has 0 aromatic heterocycles. The van der Waals surface area contributed by atoms with Gasteiger partial charge >= 0.3 is 23.9 Å². The van der Waals surface area contributed by atoms with E-state index >= 15 is 0 Å². The van der Waals surface area contributed by atoms with E-state index in [9.17, 15) is 19.2 Å². The van der Waals surface area contributed by atoms with E-state index in [1.54, 1.807) is 0 Å². The van der Waals surface area contributed by atoms with E-state index in [0.717, 1.165) is 0 Å². The van der Waals surface area contributed by atoms with Gasteiger partial charge < -0.3 is 31.9 Å². The molecule has 8 N–H and O–H groups in total. The molecule has 2 rings (SSSR count). The quantitative estimate of drug-likeness (QED) is 0.431. The minimum atomic E-state index is -1.34. The average Bonchev–Trinajstić information content (AvgIpc) is 2.54. The van der Waals surface area contributed by atoms with Crippen molar-refractivity contribution in [2.75, 3.05) is 11.5 Å². The van der Waals surface area contributed by atoms with Crippen LogP contribution in [0, 0.1) is 0 Å². The lowest BCUT2D eigenvalue weighted by Gasteiger charge is -2.03. The van der Waals surface area contributed by atoms with Gasteiger partial charge in [0.15, 0.2) is 0 Å². The third kappa shape index (κ3) is 4.47. The lowest BCUT2D eigenvalue weighted by molar-refractivity contribution is 0.0652. The summed E-state index contributed by atoms with van der Waals surface area (Å²) in [7, 11) is 0. The Morgan fingerprint density at radius 1 is 0.577 bits per heavy atom. The molecule has 10 heteroatoms. The molecule has 2 aromatic carbocycles. The minimum absolute atomic E-state index is 0.0487. The van der Waals surface area contributed by atoms with Crippen LogP contribution in [0.4, 0.5) is 11.4 Å². The third-order valence-corrected chi connectivity index (χ3v) is 3.08. The molecule has 0 aliphatic heterocycles. The highest BCUT2D eigenvalue weighted by Gasteiger charge is 2.18. The molecule has 0 aliphatic rings. The number of carbonyl (C=O) groups is 4. The van der Waals surface area contributed by atoms with Crippen LogP contribution in [0.5, 0.6) is 0 Å². The zero-order chi connectivity index (χ0) is 20.0. The minimum Gasteiger partial charge on any atom is -0.478 e. The summed E-state index contributed by atoms with van der Waals surface area (Å²) in [6, 6.07) is 7.87. The van der Waals surface area contributed by atoms with E-state index in [1.807, 2.05) is 0 Å². The van der Waals surface area contributed by atoms with Crippen molar-refractivity contribution in [2.45, 2.75) is 0 Å². The van der Waals surface area contributed by atoms with Gasteiger partial charge in [0.2, 0.25) is 0 Å². The van der Waals surface area contributed by atoms with Crippen molar-refractivity contribution in [1.29, 1.82) is 0 Å². The van der Waals surface area contributed by atoms with Crippen molar-refractivity contribution in [2.24, 2.45) is 0 Å². The molecular formula is C16H14N2O8. The zero-order valence-corrected chi connectivity index (χ0v) is 13.0. The van der Waals surface area contributed by atoms with Crippen molar-refractivity contribution < 1.29 is 39.6 Å². The first-order chi connectivity index (χ1) is 12.1. The van der Waals surface area contributed by atoms with Gasteiger partial charge in [-0.3, -0.25) is 0 Å². The lowest BCUT2D eigenvalue weighted by Crippen LogP contribution is -2.10. The summed E-state index contributed by atoms with van der Waals surface area (Å²) in [6.45, 7) is 0. The number of carboxylic acid groups (broad SMARTS) is 4. The van der Waals surface area contributed by atoms with Crippen molar-refractivity contribution in [3.8, 4) is 0 Å². The SMILES string of the molecule is Nc1cccc(C(=O)O)c1C(=O)O.Nc1cccc(C(=O)O)c1C(=O)O. The number of benzene rings is 2. The second kappa shape index (κ2) is 8.15. The summed E-state index contributed by atoms with van der Waals surface area (Å²) in [5.74, 6) is -5.28. The monoisotopic (exact) mass is 362 g/mol. The number of carboxylic acids is 4. The Balaban J connectivity index is 0.000000260. The second-order valence-corrected chi connectivity index (χ2v) is 4.76. The van der Waals surface area contributed by atoms with Crippen LogP contribution < -0.4 is 11.5 Å². The maximum atomic E-state index is 10.6. The van der Waals surface area contributed by atoms with Crippen molar-refractivity contribution >= 4 is 35.3 Å². The number of nitrogens with two attached hydrogens (primary N) is 2. The number of hydrogen-bond donors (Lipinski definition) is 6. The summed E-state index contributed by atoms with van der Waals surface area (Å²) < 4.78 is 0. The molecule has 0 saturated carbocycles. The number of nitrogen functional groups attached to an aromatic ring is 2. The van der Waals surface area contributed by atoms with E-state index in [4.69, 9.17) is 31.9 Å². The zero-order valence-electron chi connectivity index (χ0n) is 13.0. The van der Waals surface area contributed by atoms with E-state index < -0.39 is 23.9 Å². The number of aromatic carboxylic acids is 4. The molecule has 136 valence electrons. The smallest absolute Gasteiger partial charge is 0.338 e. The molecule has 2 aromatic rings. The Morgan fingerprint density at radius 2 is 0.885 bits per heavy atom. The lowest BCUT2D eigenvalue weighted by atomic mass is 10.1. The molecule has 0 radical (unpaired) electrons. The van der Waals surface area contributed by atoms with Gasteiger partial charge in [-0.25, -0.2) is 19.2 Å². The van der Waals surface area contributed by atoms with Gasteiger partial charge in [-0.2, -0.15) is 0 Å². The predicted molar refractivity (Wildman–Crippen MR) is 89.5 cm³/mol. The first-order valence-corrected chi connectivity index (χ1v) is 6.78. The summed E-state index contributed by atoms with van der Waals surface area (Å²) in [5.41, 5.74) is 9.21. The molecule has 0 heterocycles. The fourth-order valence-electron chi connectivity index (χ4n) is 1.97. The number of rotatable bonds is 4. The van der Waals surface area contributed by atoms with Crippen LogP contribution >= 0.6 is 0 Å². The van der Waals surface area contributed by atoms with Gasteiger partial charge in [-0.1, -0.05) is 12.1 Å². The van der Waals surface area contributed by atoms with Crippen molar-refractivity contribution in [3.05, 3.63) is 58.7 Å². The highest BCUT2D eigenvalue weighted by molar-refractivity contribution is 6.06. The number of anilines is 2. The average molecular weight is 362 g/mol. The van der Waals surface area contributed by atoms with Crippen molar-refractivity contribution in [1.82, 2.24) is 0 Å². The maximum Gasteiger partial charge on any atom is 0.338 e. The molecule has 0 atom stereocenters. The standard InChI is InChI=1S/2C8H7NO4/c2*9-5-3-1-2-4(7(10)11)6(5)8(12)13/h2*1-3H,9H2,(H,10,11)(H,12,13). The molecule has 10 nitrogen and oxygen atoms in total. The van der Waals surface area contributed by atoms with Gasteiger partial charge in [-0.15, -0.1) is 0 Å². The summed E-state index contributed by atoms with van der Waals surface area (Å²) in [6.07, 6.45) is 0. The van der Waals surface area contributed by atoms with Gasteiger partial charge in [0, 0.05) is 11.4 Å². The van der Waals surface area contributed by atoms with Gasteiger partial charge in [0.25, 0.3) is 0 Å². The van der Waals surface area contributed by atoms with E-state index in [-0.39, 0.29) is 33.6 Å². The molecule has 26 heavy (non-hydrogen) atoms. The highest BCUT2D eigenvalue weighted by atomic mass is 16.4. The van der Waals surface area contributed by atoms with Crippen LogP contribution in [-0.4, -0.2) is 44.3 Å². The largest absolute Gasteiger partial charge is 0.478 e. The Bertz CT molecular complexity index is 818. The Morgan fingerprint density at radius 3 is 1.08 bits per heavy atom. The Kier molecular flexibility index (Phi) is 6.26. The summed E-state index contributed by atoms with van der Waals surface area (Å²) >= 11 is 0. The fourth-order valence-corrected chi connectivity index (χ4v) is 1.97. The van der Waals surface area contributed by atoms with Crippen LogP contribution in [-0.2, 0) is 0 Å². The highest BCUT2D eigenvalue weighted by Crippen LogP contribution is 2.17. The molecular weight excluding hydrogens is 348 g/mol. The molecule has 0 aliphatic carbocycles. The summed E-state index contributed by atoms with van der Waals surface area (Å²) in [5, 5.41) is 34.5. The Hall–Kier alpha value is -4.08. The number of hydrogen-bond acceptors (Lipinski definition) is 6. The van der Waals surface area contributed by atoms with Crippen molar-refractivity contribution in [3.63, 3.8) is 0 Å². The predicted octanol–water partition coefficient (Wildman–Crippen LogP) is 1.33. The fraction of sp³-hybridized carbons (Fsp3) is 0. The summed E-state index contributed by atoms with van der Waals surface area (Å²) in [4.78, 5) is 42.3. The van der Waals surface area contributed by atoms with Crippen LogP contribution in [0.2, 0.25) is 0 Å². The third-order valence-electron chi connectivity index (χ3n) is 3.08. The van der Waals surface area contributed by atoms with Gasteiger partial charge in [-0.05, 0) is 24.3 Å². The topological polar surface area (TPSA) is 201 Å². The molecule has 0 fully saturated rings. The van der Waals surface area contributed by atoms with Gasteiger partial charge in [0.1, 0.15) is 0 Å². The molecule has 0 amide bonds. The van der Waals surface area contributed by atoms with E-state index in [0.29, 0.717) is 0 Å². The normalized spacial score (nSPS) is 9.54.